The molecule has 0 saturated heterocycles. The highest BCUT2D eigenvalue weighted by Crippen LogP contribution is 2.42. The van der Waals surface area contributed by atoms with Crippen molar-refractivity contribution in [2.75, 3.05) is 0 Å². The summed E-state index contributed by atoms with van der Waals surface area (Å²) in [5.41, 5.74) is 0. The van der Waals surface area contributed by atoms with Crippen LogP contribution in [0.2, 0.25) is 0 Å². The number of carbonyl (C=O) groups is 1. The molecule has 0 amide bonds. The maximum absolute atomic E-state index is 12.0. The molecule has 0 saturated carbocycles. The molecule has 5 aromatic rings. The van der Waals surface area contributed by atoms with Crippen LogP contribution in [-0.2, 0) is 14.9 Å². The van der Waals surface area contributed by atoms with Crippen molar-refractivity contribution < 1.29 is 22.9 Å². The van der Waals surface area contributed by atoms with E-state index in [-0.39, 0.29) is 11.3 Å². The summed E-state index contributed by atoms with van der Waals surface area (Å²) in [6, 6.07) is 21.1. The minimum Gasteiger partial charge on any atom is -0.481 e. The van der Waals surface area contributed by atoms with E-state index in [1.807, 2.05) is 48.5 Å². The number of allylic oxidation sites excluding steroid dienone is 1. The van der Waals surface area contributed by atoms with Crippen LogP contribution in [-0.4, -0.2) is 24.0 Å². The van der Waals surface area contributed by atoms with Gasteiger partial charge in [-0.1, -0.05) is 66.7 Å². The Morgan fingerprint density at radius 1 is 0.806 bits per heavy atom. The molecule has 156 valence electrons. The van der Waals surface area contributed by atoms with E-state index in [4.69, 9.17) is 5.11 Å². The minimum absolute atomic E-state index is 0.0375. The molecule has 0 aliphatic heterocycles. The summed E-state index contributed by atoms with van der Waals surface area (Å²) >= 11 is 0. The quantitative estimate of drug-likeness (QED) is 0.157. The van der Waals surface area contributed by atoms with Gasteiger partial charge in [0.2, 0.25) is 0 Å². The second-order valence-corrected chi connectivity index (χ2v) is 8.64. The maximum Gasteiger partial charge on any atom is 0.303 e. The van der Waals surface area contributed by atoms with E-state index >= 15 is 0 Å². The van der Waals surface area contributed by atoms with Crippen LogP contribution in [0.5, 0.6) is 0 Å². The summed E-state index contributed by atoms with van der Waals surface area (Å²) in [4.78, 5) is 9.67. The average Bonchev–Trinajstić information content (AvgIpc) is 2.75. The summed E-state index contributed by atoms with van der Waals surface area (Å²) in [7, 11) is -4.32. The van der Waals surface area contributed by atoms with Crippen molar-refractivity contribution in [2.45, 2.75) is 17.7 Å². The maximum atomic E-state index is 12.0. The number of carboxylic acids is 1. The van der Waals surface area contributed by atoms with Crippen molar-refractivity contribution in [3.05, 3.63) is 79.4 Å². The standard InChI is InChI=1S/C20H12O3S.C5H8O2/c21-24(22,23)17-11-10-13-6-2-8-15-14-7-1-4-12-5-3-9-16(18(12)14)20(17)19(13)15;1-2-3-4-5(6)7/h1-11H,(H,21,22,23);2H,1,3-4H2,(H,6,7). The predicted octanol–water partition coefficient (Wildman–Crippen LogP) is 6.02. The first-order valence-electron chi connectivity index (χ1n) is 9.71. The van der Waals surface area contributed by atoms with Crippen molar-refractivity contribution in [1.29, 1.82) is 0 Å². The number of carboxylic acid groups (broad SMARTS) is 1. The minimum atomic E-state index is -4.32. The molecule has 0 atom stereocenters. The molecule has 0 unspecified atom stereocenters. The average molecular weight is 432 g/mol. The molecule has 6 heteroatoms. The van der Waals surface area contributed by atoms with Crippen molar-refractivity contribution in [3.8, 4) is 0 Å². The van der Waals surface area contributed by atoms with Crippen molar-refractivity contribution in [2.24, 2.45) is 0 Å². The molecular weight excluding hydrogens is 412 g/mol. The van der Waals surface area contributed by atoms with E-state index in [1.165, 1.54) is 6.07 Å². The third-order valence-corrected chi connectivity index (χ3v) is 6.21. The van der Waals surface area contributed by atoms with Crippen LogP contribution in [0.25, 0.3) is 43.1 Å². The van der Waals surface area contributed by atoms with Crippen molar-refractivity contribution in [3.63, 3.8) is 0 Å². The summed E-state index contributed by atoms with van der Waals surface area (Å²) in [5.74, 6) is -0.764. The van der Waals surface area contributed by atoms with Crippen molar-refractivity contribution >= 4 is 59.2 Å². The summed E-state index contributed by atoms with van der Waals surface area (Å²) < 4.78 is 33.7. The molecule has 0 aliphatic rings. The molecule has 5 nitrogen and oxygen atoms in total. The summed E-state index contributed by atoms with van der Waals surface area (Å²) in [5, 5.41) is 15.4. The van der Waals surface area contributed by atoms with Crippen LogP contribution in [0.15, 0.2) is 84.3 Å². The molecule has 0 radical (unpaired) electrons. The molecule has 5 aromatic carbocycles. The van der Waals surface area contributed by atoms with E-state index < -0.39 is 16.1 Å². The second kappa shape index (κ2) is 7.98. The largest absolute Gasteiger partial charge is 0.481 e. The fraction of sp³-hybridized carbons (Fsp3) is 0.0800. The third-order valence-electron chi connectivity index (χ3n) is 5.31. The third kappa shape index (κ3) is 3.71. The monoisotopic (exact) mass is 432 g/mol. The van der Waals surface area contributed by atoms with Gasteiger partial charge < -0.3 is 5.11 Å². The van der Waals surface area contributed by atoms with E-state index in [1.54, 1.807) is 12.1 Å². The van der Waals surface area contributed by atoms with Gasteiger partial charge in [0, 0.05) is 11.8 Å². The lowest BCUT2D eigenvalue weighted by Gasteiger charge is -2.16. The molecule has 5 rings (SSSR count). The number of aliphatic carboxylic acids is 1. The Morgan fingerprint density at radius 3 is 1.87 bits per heavy atom. The molecule has 31 heavy (non-hydrogen) atoms. The molecule has 0 spiro atoms. The van der Waals surface area contributed by atoms with E-state index in [0.29, 0.717) is 11.8 Å². The Kier molecular flexibility index (Phi) is 5.35. The van der Waals surface area contributed by atoms with Crippen LogP contribution in [0.3, 0.4) is 0 Å². The number of hydrogen-bond donors (Lipinski definition) is 2. The molecule has 0 aromatic heterocycles. The topological polar surface area (TPSA) is 91.7 Å². The predicted molar refractivity (Wildman–Crippen MR) is 125 cm³/mol. The van der Waals surface area contributed by atoms with Gasteiger partial charge in [0.05, 0.1) is 0 Å². The number of fused-ring (bicyclic) bond motifs is 2. The Hall–Kier alpha value is -3.48. The first-order valence-corrected chi connectivity index (χ1v) is 11.2. The molecule has 0 bridgehead atoms. The van der Waals surface area contributed by atoms with Gasteiger partial charge >= 0.3 is 5.97 Å². The zero-order valence-electron chi connectivity index (χ0n) is 16.6. The zero-order valence-corrected chi connectivity index (χ0v) is 17.4. The Balaban J connectivity index is 0.000000289. The van der Waals surface area contributed by atoms with Gasteiger partial charge in [-0.05, 0) is 50.2 Å². The molecule has 2 N–H and O–H groups in total. The van der Waals surface area contributed by atoms with Crippen LogP contribution in [0.4, 0.5) is 0 Å². The fourth-order valence-corrected chi connectivity index (χ4v) is 4.78. The van der Waals surface area contributed by atoms with Gasteiger partial charge in [-0.2, -0.15) is 8.42 Å². The highest BCUT2D eigenvalue weighted by molar-refractivity contribution is 7.86. The fourth-order valence-electron chi connectivity index (χ4n) is 4.07. The number of rotatable bonds is 4. The van der Waals surface area contributed by atoms with E-state index in [0.717, 1.165) is 37.7 Å². The number of benzene rings is 5. The summed E-state index contributed by atoms with van der Waals surface area (Å²) in [6.07, 6.45) is 2.35. The lowest BCUT2D eigenvalue weighted by atomic mass is 9.90. The SMILES string of the molecule is C=CCCC(=O)O.O=S(=O)(O)c1ccc2cccc3c4cccc5cccc(c1c23)c54. The Morgan fingerprint density at radius 2 is 1.35 bits per heavy atom. The first-order chi connectivity index (χ1) is 14.8. The van der Waals surface area contributed by atoms with Gasteiger partial charge in [0.15, 0.2) is 0 Å². The van der Waals surface area contributed by atoms with Crippen LogP contribution < -0.4 is 0 Å². The molecule has 0 heterocycles. The van der Waals surface area contributed by atoms with E-state index in [2.05, 4.69) is 12.6 Å². The van der Waals surface area contributed by atoms with Crippen LogP contribution >= 0.6 is 0 Å². The normalized spacial score (nSPS) is 11.6. The second-order valence-electron chi connectivity index (χ2n) is 7.25. The van der Waals surface area contributed by atoms with Gasteiger partial charge in [-0.15, -0.1) is 6.58 Å². The molecule has 0 fully saturated rings. The Labute approximate surface area is 179 Å². The Bertz CT molecular complexity index is 1550. The smallest absolute Gasteiger partial charge is 0.303 e. The highest BCUT2D eigenvalue weighted by Gasteiger charge is 2.20. The van der Waals surface area contributed by atoms with E-state index in [9.17, 15) is 17.8 Å². The van der Waals surface area contributed by atoms with Gasteiger partial charge in [-0.3, -0.25) is 9.35 Å². The number of hydrogen-bond acceptors (Lipinski definition) is 3. The van der Waals surface area contributed by atoms with Crippen LogP contribution in [0.1, 0.15) is 12.8 Å². The molecular formula is C25H20O5S. The van der Waals surface area contributed by atoms with Crippen molar-refractivity contribution in [1.82, 2.24) is 0 Å². The first kappa shape index (κ1) is 20.8. The van der Waals surface area contributed by atoms with Gasteiger partial charge in [0.25, 0.3) is 10.1 Å². The highest BCUT2D eigenvalue weighted by atomic mass is 32.2. The van der Waals surface area contributed by atoms with Gasteiger partial charge in [-0.25, -0.2) is 0 Å². The lowest BCUT2D eigenvalue weighted by Crippen LogP contribution is -2.00. The zero-order chi connectivity index (χ0) is 22.2. The lowest BCUT2D eigenvalue weighted by molar-refractivity contribution is -0.136. The molecule has 0 aliphatic carbocycles. The summed E-state index contributed by atoms with van der Waals surface area (Å²) in [6.45, 7) is 3.37. The van der Waals surface area contributed by atoms with Crippen LogP contribution in [0, 0.1) is 0 Å². The van der Waals surface area contributed by atoms with Gasteiger partial charge in [0.1, 0.15) is 4.90 Å².